The molecule has 4 rings (SSSR count). The van der Waals surface area contributed by atoms with E-state index in [0.717, 1.165) is 50.6 Å². The van der Waals surface area contributed by atoms with Gasteiger partial charge in [0.05, 0.1) is 20.3 Å². The predicted octanol–water partition coefficient (Wildman–Crippen LogP) is 1.97. The van der Waals surface area contributed by atoms with E-state index in [0.29, 0.717) is 30.9 Å². The normalized spacial score (nSPS) is 20.1. The zero-order valence-corrected chi connectivity index (χ0v) is 15.8. The van der Waals surface area contributed by atoms with Gasteiger partial charge in [-0.1, -0.05) is 12.1 Å². The van der Waals surface area contributed by atoms with Gasteiger partial charge < -0.3 is 25.0 Å². The minimum absolute atomic E-state index is 0.528. The second-order valence-electron chi connectivity index (χ2n) is 7.20. The summed E-state index contributed by atoms with van der Waals surface area (Å²) in [5.41, 5.74) is 7.42. The molecule has 2 fully saturated rings. The number of nitrogens with zero attached hydrogens (tertiary/aromatic N) is 4. The Hall–Kier alpha value is -2.54. The molecule has 0 spiro atoms. The molecule has 27 heavy (non-hydrogen) atoms. The first-order valence-electron chi connectivity index (χ1n) is 9.56. The smallest absolute Gasteiger partial charge is 0.229 e. The number of hydrogen-bond donors (Lipinski definition) is 1. The molecule has 7 heteroatoms. The fraction of sp³-hybridized carbons (Fsp3) is 0.500. The number of hydrogen-bond acceptors (Lipinski definition) is 7. The van der Waals surface area contributed by atoms with Crippen molar-refractivity contribution in [2.75, 3.05) is 62.0 Å². The molecule has 0 bridgehead atoms. The van der Waals surface area contributed by atoms with Crippen LogP contribution < -0.4 is 20.3 Å². The Balaban J connectivity index is 1.42. The summed E-state index contributed by atoms with van der Waals surface area (Å²) >= 11 is 0. The quantitative estimate of drug-likeness (QED) is 0.863. The van der Waals surface area contributed by atoms with Crippen LogP contribution in [0.25, 0.3) is 0 Å². The lowest BCUT2D eigenvalue weighted by Crippen LogP contribution is -2.37. The van der Waals surface area contributed by atoms with E-state index in [1.165, 1.54) is 5.56 Å². The molecule has 1 unspecified atom stereocenters. The zero-order chi connectivity index (χ0) is 18.6. The van der Waals surface area contributed by atoms with Crippen molar-refractivity contribution >= 4 is 17.6 Å². The SMILES string of the molecule is COc1ccc(CC2CCN(c3cc(N)nc(N4CCOCC4)n3)C2)cc1. The van der Waals surface area contributed by atoms with Gasteiger partial charge in [0, 0.05) is 32.2 Å². The van der Waals surface area contributed by atoms with Gasteiger partial charge in [0.1, 0.15) is 17.4 Å². The Labute approximate surface area is 160 Å². The Bertz CT molecular complexity index is 761. The van der Waals surface area contributed by atoms with Crippen molar-refractivity contribution in [1.82, 2.24) is 9.97 Å². The van der Waals surface area contributed by atoms with Gasteiger partial charge in [-0.05, 0) is 36.5 Å². The molecule has 1 aromatic heterocycles. The number of benzene rings is 1. The third-order valence-electron chi connectivity index (χ3n) is 5.31. The number of morpholine rings is 1. The summed E-state index contributed by atoms with van der Waals surface area (Å²) in [7, 11) is 1.70. The van der Waals surface area contributed by atoms with Gasteiger partial charge in [0.15, 0.2) is 0 Å². The maximum absolute atomic E-state index is 6.07. The standard InChI is InChI=1S/C20H27N5O2/c1-26-17-4-2-15(3-5-17)12-16-6-7-25(14-16)19-13-18(21)22-20(23-19)24-8-10-27-11-9-24/h2-5,13,16H,6-12,14H2,1H3,(H2,21,22,23). The van der Waals surface area contributed by atoms with E-state index in [1.807, 2.05) is 18.2 Å². The first-order valence-corrected chi connectivity index (χ1v) is 9.56. The number of anilines is 3. The first-order chi connectivity index (χ1) is 13.2. The number of rotatable bonds is 5. The van der Waals surface area contributed by atoms with Crippen molar-refractivity contribution in [3.8, 4) is 5.75 Å². The second-order valence-corrected chi connectivity index (χ2v) is 7.20. The first kappa shape index (κ1) is 17.9. The highest BCUT2D eigenvalue weighted by atomic mass is 16.5. The van der Waals surface area contributed by atoms with E-state index in [4.69, 9.17) is 20.2 Å². The van der Waals surface area contributed by atoms with Crippen molar-refractivity contribution in [2.45, 2.75) is 12.8 Å². The van der Waals surface area contributed by atoms with Gasteiger partial charge in [-0.25, -0.2) is 0 Å². The molecule has 2 saturated heterocycles. The van der Waals surface area contributed by atoms with Crippen LogP contribution in [0.5, 0.6) is 5.75 Å². The van der Waals surface area contributed by atoms with Crippen molar-refractivity contribution in [1.29, 1.82) is 0 Å². The van der Waals surface area contributed by atoms with Gasteiger partial charge in [-0.2, -0.15) is 9.97 Å². The van der Waals surface area contributed by atoms with Crippen molar-refractivity contribution in [3.63, 3.8) is 0 Å². The third kappa shape index (κ3) is 4.24. The van der Waals surface area contributed by atoms with Crippen LogP contribution in [-0.2, 0) is 11.2 Å². The van der Waals surface area contributed by atoms with Gasteiger partial charge in [-0.3, -0.25) is 0 Å². The van der Waals surface area contributed by atoms with E-state index < -0.39 is 0 Å². The predicted molar refractivity (Wildman–Crippen MR) is 106 cm³/mol. The van der Waals surface area contributed by atoms with Gasteiger partial charge >= 0.3 is 0 Å². The number of methoxy groups -OCH3 is 1. The lowest BCUT2D eigenvalue weighted by Gasteiger charge is -2.28. The fourth-order valence-electron chi connectivity index (χ4n) is 3.81. The Morgan fingerprint density at radius 2 is 1.89 bits per heavy atom. The molecular weight excluding hydrogens is 342 g/mol. The van der Waals surface area contributed by atoms with Crippen molar-refractivity contribution in [3.05, 3.63) is 35.9 Å². The molecule has 0 amide bonds. The average molecular weight is 369 g/mol. The summed E-state index contributed by atoms with van der Waals surface area (Å²) in [6.07, 6.45) is 2.22. The summed E-state index contributed by atoms with van der Waals surface area (Å²) in [5.74, 6) is 3.69. The number of nitrogen functional groups attached to an aromatic ring is 1. The Kier molecular flexibility index (Phi) is 5.29. The van der Waals surface area contributed by atoms with Crippen molar-refractivity contribution < 1.29 is 9.47 Å². The summed E-state index contributed by atoms with van der Waals surface area (Å²) in [5, 5.41) is 0. The largest absolute Gasteiger partial charge is 0.497 e. The monoisotopic (exact) mass is 369 g/mol. The van der Waals surface area contributed by atoms with Crippen LogP contribution in [0.2, 0.25) is 0 Å². The lowest BCUT2D eigenvalue weighted by atomic mass is 9.99. The summed E-state index contributed by atoms with van der Waals surface area (Å²) < 4.78 is 10.7. The third-order valence-corrected chi connectivity index (χ3v) is 5.31. The van der Waals surface area contributed by atoms with E-state index in [-0.39, 0.29) is 0 Å². The molecule has 1 aromatic carbocycles. The van der Waals surface area contributed by atoms with Gasteiger partial charge in [0.25, 0.3) is 0 Å². The molecular formula is C20H27N5O2. The summed E-state index contributed by atoms with van der Waals surface area (Å²) in [4.78, 5) is 13.7. The molecule has 0 radical (unpaired) electrons. The average Bonchev–Trinajstić information content (AvgIpc) is 3.17. The van der Waals surface area contributed by atoms with Crippen LogP contribution in [-0.4, -0.2) is 56.5 Å². The van der Waals surface area contributed by atoms with E-state index in [1.54, 1.807) is 7.11 Å². The van der Waals surface area contributed by atoms with E-state index >= 15 is 0 Å². The molecule has 7 nitrogen and oxygen atoms in total. The summed E-state index contributed by atoms with van der Waals surface area (Å²) in [6.45, 7) is 5.03. The molecule has 2 aliphatic heterocycles. The zero-order valence-electron chi connectivity index (χ0n) is 15.8. The molecule has 144 valence electrons. The number of nitrogens with two attached hydrogens (primary N) is 1. The molecule has 2 N–H and O–H groups in total. The summed E-state index contributed by atoms with van der Waals surface area (Å²) in [6, 6.07) is 10.3. The molecule has 0 aliphatic carbocycles. The van der Waals surface area contributed by atoms with Crippen LogP contribution in [0.3, 0.4) is 0 Å². The molecule has 3 heterocycles. The van der Waals surface area contributed by atoms with E-state index in [9.17, 15) is 0 Å². The Morgan fingerprint density at radius 1 is 1.11 bits per heavy atom. The van der Waals surface area contributed by atoms with Crippen LogP contribution in [0.4, 0.5) is 17.6 Å². The lowest BCUT2D eigenvalue weighted by molar-refractivity contribution is 0.122. The highest BCUT2D eigenvalue weighted by Gasteiger charge is 2.25. The van der Waals surface area contributed by atoms with Crippen LogP contribution in [0.15, 0.2) is 30.3 Å². The molecule has 2 aliphatic rings. The molecule has 2 aromatic rings. The van der Waals surface area contributed by atoms with Crippen molar-refractivity contribution in [2.24, 2.45) is 5.92 Å². The minimum atomic E-state index is 0.528. The van der Waals surface area contributed by atoms with Crippen LogP contribution >= 0.6 is 0 Å². The van der Waals surface area contributed by atoms with Crippen LogP contribution in [0, 0.1) is 5.92 Å². The number of aromatic nitrogens is 2. The molecule has 1 atom stereocenters. The van der Waals surface area contributed by atoms with Gasteiger partial charge in [0.2, 0.25) is 5.95 Å². The maximum atomic E-state index is 6.07. The van der Waals surface area contributed by atoms with Gasteiger partial charge in [-0.15, -0.1) is 0 Å². The highest BCUT2D eigenvalue weighted by Crippen LogP contribution is 2.28. The molecule has 0 saturated carbocycles. The topological polar surface area (TPSA) is 76.7 Å². The fourth-order valence-corrected chi connectivity index (χ4v) is 3.81. The highest BCUT2D eigenvalue weighted by molar-refractivity contribution is 5.53. The number of ether oxygens (including phenoxy) is 2. The Morgan fingerprint density at radius 3 is 2.63 bits per heavy atom. The maximum Gasteiger partial charge on any atom is 0.229 e. The van der Waals surface area contributed by atoms with E-state index in [2.05, 4.69) is 26.9 Å². The second kappa shape index (κ2) is 8.00. The van der Waals surface area contributed by atoms with Crippen LogP contribution in [0.1, 0.15) is 12.0 Å². The minimum Gasteiger partial charge on any atom is -0.497 e.